The lowest BCUT2D eigenvalue weighted by Crippen LogP contribution is -2.42. The summed E-state index contributed by atoms with van der Waals surface area (Å²) in [5.74, 6) is -0.359. The molecule has 0 fully saturated rings. The van der Waals surface area contributed by atoms with E-state index in [0.29, 0.717) is 5.56 Å². The minimum Gasteiger partial charge on any atom is -0.372 e. The molecule has 1 heterocycles. The molecule has 0 unspecified atom stereocenters. The topological polar surface area (TPSA) is 50.4 Å². The minimum atomic E-state index is -0.932. The summed E-state index contributed by atoms with van der Waals surface area (Å²) in [6, 6.07) is 9.68. The van der Waals surface area contributed by atoms with Crippen molar-refractivity contribution >= 4 is 22.4 Å². The van der Waals surface area contributed by atoms with Crippen LogP contribution in [0.5, 0.6) is 0 Å². The number of anilines is 1. The Morgan fingerprint density at radius 3 is 2.71 bits per heavy atom. The smallest absolute Gasteiger partial charge is 0.319 e. The summed E-state index contributed by atoms with van der Waals surface area (Å²) in [5.41, 5.74) is -0.526. The van der Waals surface area contributed by atoms with E-state index < -0.39 is 5.60 Å². The van der Waals surface area contributed by atoms with E-state index in [1.165, 1.54) is 24.5 Å². The lowest BCUT2D eigenvalue weighted by Gasteiger charge is -2.29. The second-order valence-corrected chi connectivity index (χ2v) is 5.65. The first-order valence-corrected chi connectivity index (χ1v) is 7.31. The Hall–Kier alpha value is -1.92. The van der Waals surface area contributed by atoms with Gasteiger partial charge in [-0.2, -0.15) is 0 Å². The number of benzene rings is 1. The molecule has 112 valence electrons. The Balaban J connectivity index is 2.02. The van der Waals surface area contributed by atoms with Gasteiger partial charge in [-0.1, -0.05) is 18.2 Å². The van der Waals surface area contributed by atoms with Crippen LogP contribution in [0, 0.1) is 5.82 Å². The van der Waals surface area contributed by atoms with Crippen LogP contribution in [0.25, 0.3) is 0 Å². The van der Waals surface area contributed by atoms with Crippen molar-refractivity contribution < 1.29 is 13.9 Å². The minimum absolute atomic E-state index is 0.154. The molecule has 21 heavy (non-hydrogen) atoms. The number of halogens is 1. The molecular formula is C15H17FN2O2S. The van der Waals surface area contributed by atoms with Crippen LogP contribution in [0.3, 0.4) is 0 Å². The number of carbonyl (C=O) groups excluding carboxylic acids is 1. The van der Waals surface area contributed by atoms with E-state index in [2.05, 4.69) is 10.6 Å². The summed E-state index contributed by atoms with van der Waals surface area (Å²) in [7, 11) is 1.49. The number of nitrogens with one attached hydrogen (secondary N) is 2. The Morgan fingerprint density at radius 1 is 1.33 bits per heavy atom. The van der Waals surface area contributed by atoms with Gasteiger partial charge in [0.2, 0.25) is 0 Å². The van der Waals surface area contributed by atoms with Crippen molar-refractivity contribution in [2.24, 2.45) is 0 Å². The molecule has 1 aromatic heterocycles. The molecule has 1 aromatic carbocycles. The Kier molecular flexibility index (Phi) is 4.93. The third-order valence-corrected chi connectivity index (χ3v) is 4.02. The maximum absolute atomic E-state index is 13.9. The molecule has 4 nitrogen and oxygen atoms in total. The van der Waals surface area contributed by atoms with Gasteiger partial charge in [0, 0.05) is 12.7 Å². The number of urea groups is 1. The van der Waals surface area contributed by atoms with Gasteiger partial charge in [0.25, 0.3) is 0 Å². The predicted molar refractivity (Wildman–Crippen MR) is 82.1 cm³/mol. The quantitative estimate of drug-likeness (QED) is 0.887. The molecule has 6 heteroatoms. The zero-order valence-electron chi connectivity index (χ0n) is 11.9. The SMILES string of the molecule is CO[C@@](C)(CNC(=O)Nc1cccs1)c1ccccc1F. The van der Waals surface area contributed by atoms with Gasteiger partial charge in [-0.15, -0.1) is 11.3 Å². The fourth-order valence-electron chi connectivity index (χ4n) is 1.92. The summed E-state index contributed by atoms with van der Waals surface area (Å²) < 4.78 is 19.3. The summed E-state index contributed by atoms with van der Waals surface area (Å²) in [6.45, 7) is 1.89. The first-order valence-electron chi connectivity index (χ1n) is 6.44. The zero-order valence-corrected chi connectivity index (χ0v) is 12.7. The summed E-state index contributed by atoms with van der Waals surface area (Å²) in [5, 5.41) is 8.02. The van der Waals surface area contributed by atoms with Crippen molar-refractivity contribution in [2.75, 3.05) is 19.0 Å². The van der Waals surface area contributed by atoms with Gasteiger partial charge in [0.05, 0.1) is 11.5 Å². The van der Waals surface area contributed by atoms with E-state index in [-0.39, 0.29) is 18.4 Å². The summed E-state index contributed by atoms with van der Waals surface area (Å²) in [4.78, 5) is 11.8. The van der Waals surface area contributed by atoms with Crippen LogP contribution in [0.4, 0.5) is 14.2 Å². The Morgan fingerprint density at radius 2 is 2.10 bits per heavy atom. The molecule has 0 radical (unpaired) electrons. The highest BCUT2D eigenvalue weighted by molar-refractivity contribution is 7.14. The number of hydrogen-bond acceptors (Lipinski definition) is 3. The largest absolute Gasteiger partial charge is 0.372 e. The molecule has 0 aliphatic carbocycles. The van der Waals surface area contributed by atoms with Gasteiger partial charge in [-0.3, -0.25) is 5.32 Å². The predicted octanol–water partition coefficient (Wildman–Crippen LogP) is 3.57. The van der Waals surface area contributed by atoms with Crippen molar-refractivity contribution in [3.63, 3.8) is 0 Å². The average molecular weight is 308 g/mol. The molecule has 0 saturated heterocycles. The van der Waals surface area contributed by atoms with Crippen molar-refractivity contribution in [3.8, 4) is 0 Å². The normalized spacial score (nSPS) is 13.5. The van der Waals surface area contributed by atoms with Crippen LogP contribution >= 0.6 is 11.3 Å². The molecule has 0 spiro atoms. The Bertz CT molecular complexity index is 603. The second-order valence-electron chi connectivity index (χ2n) is 4.70. The highest BCUT2D eigenvalue weighted by Crippen LogP contribution is 2.26. The van der Waals surface area contributed by atoms with Crippen molar-refractivity contribution in [2.45, 2.75) is 12.5 Å². The lowest BCUT2D eigenvalue weighted by atomic mass is 9.95. The standard InChI is InChI=1S/C15H17FN2O2S/c1-15(20-2,11-6-3-4-7-12(11)16)10-17-14(19)18-13-8-5-9-21-13/h3-9H,10H2,1-2H3,(H2,17,18,19)/t15-/m0/s1. The number of carbonyl (C=O) groups is 1. The molecular weight excluding hydrogens is 291 g/mol. The van der Waals surface area contributed by atoms with Gasteiger partial charge in [0.15, 0.2) is 0 Å². The average Bonchev–Trinajstić information content (AvgIpc) is 2.98. The molecule has 0 bridgehead atoms. The number of hydrogen-bond donors (Lipinski definition) is 2. The van der Waals surface area contributed by atoms with E-state index in [4.69, 9.17) is 4.74 Å². The summed E-state index contributed by atoms with van der Waals surface area (Å²) >= 11 is 1.43. The molecule has 1 atom stereocenters. The van der Waals surface area contributed by atoms with Crippen LogP contribution in [-0.4, -0.2) is 19.7 Å². The second kappa shape index (κ2) is 6.69. The van der Waals surface area contributed by atoms with Gasteiger partial charge >= 0.3 is 6.03 Å². The van der Waals surface area contributed by atoms with Gasteiger partial charge in [0.1, 0.15) is 11.4 Å². The zero-order chi connectivity index (χ0) is 15.3. The molecule has 0 aliphatic heterocycles. The maximum atomic E-state index is 13.9. The molecule has 2 N–H and O–H groups in total. The number of methoxy groups -OCH3 is 1. The first-order chi connectivity index (χ1) is 10.0. The molecule has 0 aliphatic rings. The third-order valence-electron chi connectivity index (χ3n) is 3.24. The van der Waals surface area contributed by atoms with Gasteiger partial charge in [-0.05, 0) is 30.5 Å². The number of ether oxygens (including phenoxy) is 1. The van der Waals surface area contributed by atoms with Crippen LogP contribution in [0.15, 0.2) is 41.8 Å². The van der Waals surface area contributed by atoms with E-state index in [1.807, 2.05) is 11.4 Å². The molecule has 2 rings (SSSR count). The highest BCUT2D eigenvalue weighted by atomic mass is 32.1. The fraction of sp³-hybridized carbons (Fsp3) is 0.267. The van der Waals surface area contributed by atoms with Crippen LogP contribution in [-0.2, 0) is 10.3 Å². The van der Waals surface area contributed by atoms with Crippen molar-refractivity contribution in [1.29, 1.82) is 0 Å². The Labute approximate surface area is 126 Å². The van der Waals surface area contributed by atoms with E-state index >= 15 is 0 Å². The molecule has 0 saturated carbocycles. The number of rotatable bonds is 5. The monoisotopic (exact) mass is 308 g/mol. The molecule has 2 amide bonds. The van der Waals surface area contributed by atoms with Crippen molar-refractivity contribution in [1.82, 2.24) is 5.32 Å². The van der Waals surface area contributed by atoms with Crippen molar-refractivity contribution in [3.05, 3.63) is 53.2 Å². The van der Waals surface area contributed by atoms with E-state index in [9.17, 15) is 9.18 Å². The summed E-state index contributed by atoms with van der Waals surface area (Å²) in [6.07, 6.45) is 0. The highest BCUT2D eigenvalue weighted by Gasteiger charge is 2.29. The van der Waals surface area contributed by atoms with Crippen LogP contribution < -0.4 is 10.6 Å². The lowest BCUT2D eigenvalue weighted by molar-refractivity contribution is 0.00236. The number of thiophene rings is 1. The van der Waals surface area contributed by atoms with E-state index in [0.717, 1.165) is 5.00 Å². The third kappa shape index (κ3) is 3.80. The fourth-order valence-corrected chi connectivity index (χ4v) is 2.53. The first kappa shape index (κ1) is 15.5. The number of amides is 2. The van der Waals surface area contributed by atoms with Crippen LogP contribution in [0.1, 0.15) is 12.5 Å². The molecule has 2 aromatic rings. The van der Waals surface area contributed by atoms with Gasteiger partial charge in [-0.25, -0.2) is 9.18 Å². The van der Waals surface area contributed by atoms with Gasteiger partial charge < -0.3 is 10.1 Å². The maximum Gasteiger partial charge on any atom is 0.319 e. The van der Waals surface area contributed by atoms with Crippen LogP contribution in [0.2, 0.25) is 0 Å². The van der Waals surface area contributed by atoms with E-state index in [1.54, 1.807) is 31.2 Å².